The van der Waals surface area contributed by atoms with Crippen LogP contribution in [0.2, 0.25) is 0 Å². The topological polar surface area (TPSA) is 108 Å². The number of anilines is 1. The number of fused-ring (bicyclic) bond motifs is 1. The van der Waals surface area contributed by atoms with E-state index >= 15 is 0 Å². The number of carbonyl (C=O) groups excluding carboxylic acids is 1. The Morgan fingerprint density at radius 1 is 1.19 bits per heavy atom. The quantitative estimate of drug-likeness (QED) is 0.685. The van der Waals surface area contributed by atoms with E-state index < -0.39 is 0 Å². The number of carbonyl (C=O) groups is 1. The lowest BCUT2D eigenvalue weighted by molar-refractivity contribution is 0.0962. The van der Waals surface area contributed by atoms with E-state index in [0.717, 1.165) is 0 Å². The average molecular weight is 279 g/mol. The molecule has 0 bridgehead atoms. The van der Waals surface area contributed by atoms with Crippen molar-refractivity contribution in [3.05, 3.63) is 53.9 Å². The van der Waals surface area contributed by atoms with Gasteiger partial charge in [0.05, 0.1) is 11.6 Å². The zero-order valence-corrected chi connectivity index (χ0v) is 10.7. The molecule has 0 spiro atoms. The van der Waals surface area contributed by atoms with Gasteiger partial charge in [0.25, 0.3) is 5.91 Å². The molecule has 0 aliphatic carbocycles. The van der Waals surface area contributed by atoms with Crippen LogP contribution in [0.4, 0.5) is 5.82 Å². The number of aromatic nitrogens is 4. The van der Waals surface area contributed by atoms with E-state index in [1.807, 2.05) is 6.07 Å². The molecule has 0 unspecified atom stereocenters. The number of nitriles is 1. The van der Waals surface area contributed by atoms with Crippen molar-refractivity contribution in [2.75, 3.05) is 5.43 Å². The summed E-state index contributed by atoms with van der Waals surface area (Å²) < 4.78 is 1.48. The van der Waals surface area contributed by atoms with Crippen molar-refractivity contribution in [1.82, 2.24) is 25.2 Å². The van der Waals surface area contributed by atoms with Gasteiger partial charge in [-0.05, 0) is 36.4 Å². The Bertz CT molecular complexity index is 832. The molecule has 3 aromatic rings. The third kappa shape index (κ3) is 2.62. The molecule has 1 amide bonds. The highest BCUT2D eigenvalue weighted by atomic mass is 16.2. The molecule has 0 aliphatic rings. The third-order valence-corrected chi connectivity index (χ3v) is 2.74. The maximum atomic E-state index is 11.9. The van der Waals surface area contributed by atoms with E-state index in [0.29, 0.717) is 22.6 Å². The molecule has 0 atom stereocenters. The number of benzene rings is 1. The smallest absolute Gasteiger partial charge is 0.269 e. The fraction of sp³-hybridized carbons (Fsp3) is 0. The summed E-state index contributed by atoms with van der Waals surface area (Å²) in [6, 6.07) is 11.7. The van der Waals surface area contributed by atoms with Gasteiger partial charge in [-0.3, -0.25) is 15.6 Å². The number of nitrogens with zero attached hydrogens (tertiary/aromatic N) is 5. The molecule has 2 heterocycles. The summed E-state index contributed by atoms with van der Waals surface area (Å²) in [5.41, 5.74) is 6.77. The second-order valence-electron chi connectivity index (χ2n) is 4.12. The van der Waals surface area contributed by atoms with Gasteiger partial charge in [-0.25, -0.2) is 0 Å². The van der Waals surface area contributed by atoms with Crippen molar-refractivity contribution < 1.29 is 4.79 Å². The van der Waals surface area contributed by atoms with E-state index in [9.17, 15) is 4.79 Å². The van der Waals surface area contributed by atoms with E-state index in [1.165, 1.54) is 10.8 Å². The van der Waals surface area contributed by atoms with Crippen LogP contribution in [0.15, 0.2) is 42.7 Å². The van der Waals surface area contributed by atoms with E-state index in [4.69, 9.17) is 5.26 Å². The van der Waals surface area contributed by atoms with Crippen LogP contribution in [0, 0.1) is 11.3 Å². The second-order valence-corrected chi connectivity index (χ2v) is 4.12. The number of amides is 1. The molecule has 102 valence electrons. The SMILES string of the molecule is N#Cc1ccc(C(=O)NNc2ccc3nncn3n2)cc1. The molecule has 0 radical (unpaired) electrons. The summed E-state index contributed by atoms with van der Waals surface area (Å²) in [4.78, 5) is 11.9. The Balaban J connectivity index is 1.68. The minimum Gasteiger partial charge on any atom is -0.280 e. The van der Waals surface area contributed by atoms with Gasteiger partial charge in [-0.1, -0.05) is 0 Å². The molecule has 8 nitrogen and oxygen atoms in total. The van der Waals surface area contributed by atoms with Crippen LogP contribution < -0.4 is 10.9 Å². The minimum atomic E-state index is -0.329. The highest BCUT2D eigenvalue weighted by Gasteiger charge is 2.05. The van der Waals surface area contributed by atoms with Crippen molar-refractivity contribution >= 4 is 17.4 Å². The van der Waals surface area contributed by atoms with Crippen molar-refractivity contribution in [2.24, 2.45) is 0 Å². The molecule has 1 aromatic carbocycles. The summed E-state index contributed by atoms with van der Waals surface area (Å²) in [7, 11) is 0. The monoisotopic (exact) mass is 279 g/mol. The molecule has 3 rings (SSSR count). The molecule has 0 fully saturated rings. The number of hydrazine groups is 1. The van der Waals surface area contributed by atoms with Crippen LogP contribution in [-0.2, 0) is 0 Å². The van der Waals surface area contributed by atoms with Crippen LogP contribution in [-0.4, -0.2) is 25.7 Å². The first-order chi connectivity index (χ1) is 10.3. The van der Waals surface area contributed by atoms with Crippen molar-refractivity contribution in [1.29, 1.82) is 5.26 Å². The Kier molecular flexibility index (Phi) is 3.15. The molecule has 2 aromatic heterocycles. The Morgan fingerprint density at radius 2 is 2.00 bits per heavy atom. The maximum Gasteiger partial charge on any atom is 0.269 e. The van der Waals surface area contributed by atoms with Gasteiger partial charge >= 0.3 is 0 Å². The number of rotatable bonds is 3. The summed E-state index contributed by atoms with van der Waals surface area (Å²) >= 11 is 0. The Labute approximate surface area is 119 Å². The summed E-state index contributed by atoms with van der Waals surface area (Å²) in [5, 5.41) is 20.4. The van der Waals surface area contributed by atoms with Crippen LogP contribution >= 0.6 is 0 Å². The number of hydrogen-bond donors (Lipinski definition) is 2. The highest BCUT2D eigenvalue weighted by molar-refractivity contribution is 5.94. The van der Waals surface area contributed by atoms with Crippen molar-refractivity contribution in [3.63, 3.8) is 0 Å². The summed E-state index contributed by atoms with van der Waals surface area (Å²) in [6.07, 6.45) is 1.46. The maximum absolute atomic E-state index is 11.9. The molecule has 2 N–H and O–H groups in total. The Morgan fingerprint density at radius 3 is 2.76 bits per heavy atom. The largest absolute Gasteiger partial charge is 0.280 e. The van der Waals surface area contributed by atoms with Crippen molar-refractivity contribution in [3.8, 4) is 6.07 Å². The Hall–Kier alpha value is -3.47. The van der Waals surface area contributed by atoms with E-state index in [-0.39, 0.29) is 5.91 Å². The standard InChI is InChI=1S/C13H9N7O/c14-7-9-1-3-10(4-2-9)13(21)18-16-11-5-6-12-17-15-8-20(12)19-11/h1-6,8H,(H,16,19)(H,18,21). The molecule has 0 saturated heterocycles. The molecular formula is C13H9N7O. The second kappa shape index (κ2) is 5.26. The van der Waals surface area contributed by atoms with Gasteiger partial charge in [-0.2, -0.15) is 9.78 Å². The van der Waals surface area contributed by atoms with Gasteiger partial charge in [-0.15, -0.1) is 15.3 Å². The first-order valence-electron chi connectivity index (χ1n) is 6.00. The summed E-state index contributed by atoms with van der Waals surface area (Å²) in [6.45, 7) is 0. The van der Waals surface area contributed by atoms with Gasteiger partial charge in [0.15, 0.2) is 11.5 Å². The van der Waals surface area contributed by atoms with Crippen molar-refractivity contribution in [2.45, 2.75) is 0 Å². The minimum absolute atomic E-state index is 0.329. The lowest BCUT2D eigenvalue weighted by Crippen LogP contribution is -2.30. The fourth-order valence-electron chi connectivity index (χ4n) is 1.68. The molecular weight excluding hydrogens is 270 g/mol. The van der Waals surface area contributed by atoms with E-state index in [1.54, 1.807) is 36.4 Å². The lowest BCUT2D eigenvalue weighted by Gasteiger charge is -2.07. The molecule has 0 aliphatic heterocycles. The first-order valence-corrected chi connectivity index (χ1v) is 6.00. The van der Waals surface area contributed by atoms with Gasteiger partial charge in [0, 0.05) is 5.56 Å². The number of nitrogens with one attached hydrogen (secondary N) is 2. The van der Waals surface area contributed by atoms with Crippen LogP contribution in [0.3, 0.4) is 0 Å². The van der Waals surface area contributed by atoms with Gasteiger partial charge in [0.2, 0.25) is 0 Å². The third-order valence-electron chi connectivity index (χ3n) is 2.74. The lowest BCUT2D eigenvalue weighted by atomic mass is 10.1. The zero-order chi connectivity index (χ0) is 14.7. The predicted molar refractivity (Wildman–Crippen MR) is 73.0 cm³/mol. The normalized spacial score (nSPS) is 10.0. The summed E-state index contributed by atoms with van der Waals surface area (Å²) in [5.74, 6) is 0.120. The van der Waals surface area contributed by atoms with E-state index in [2.05, 4.69) is 26.1 Å². The first kappa shape index (κ1) is 12.6. The van der Waals surface area contributed by atoms with Gasteiger partial charge in [0.1, 0.15) is 6.33 Å². The van der Waals surface area contributed by atoms with Crippen LogP contribution in [0.1, 0.15) is 15.9 Å². The average Bonchev–Trinajstić information content (AvgIpc) is 3.00. The number of hydrogen-bond acceptors (Lipinski definition) is 6. The molecule has 21 heavy (non-hydrogen) atoms. The fourth-order valence-corrected chi connectivity index (χ4v) is 1.68. The van der Waals surface area contributed by atoms with Crippen LogP contribution in [0.25, 0.3) is 5.65 Å². The predicted octanol–water partition coefficient (Wildman–Crippen LogP) is 0.753. The molecule has 0 saturated carbocycles. The molecule has 8 heteroatoms. The zero-order valence-electron chi connectivity index (χ0n) is 10.7. The highest BCUT2D eigenvalue weighted by Crippen LogP contribution is 2.05. The van der Waals surface area contributed by atoms with Gasteiger partial charge < -0.3 is 0 Å². The van der Waals surface area contributed by atoms with Crippen LogP contribution in [0.5, 0.6) is 0 Å².